The summed E-state index contributed by atoms with van der Waals surface area (Å²) in [4.78, 5) is 52.2. The van der Waals surface area contributed by atoms with Crippen molar-refractivity contribution in [3.05, 3.63) is 0 Å². The van der Waals surface area contributed by atoms with E-state index in [2.05, 4.69) is 20.9 Å². The van der Waals surface area contributed by atoms with Crippen LogP contribution < -0.4 is 33.2 Å². The highest BCUT2D eigenvalue weighted by Gasteiger charge is 2.30. The van der Waals surface area contributed by atoms with Gasteiger partial charge in [-0.2, -0.15) is 0 Å². The van der Waals surface area contributed by atoms with E-state index in [0.717, 1.165) is 0 Å². The van der Waals surface area contributed by atoms with Gasteiger partial charge in [0.25, 0.3) is 0 Å². The van der Waals surface area contributed by atoms with Gasteiger partial charge >= 0.3 is 5.97 Å². The summed E-state index contributed by atoms with van der Waals surface area (Å²) in [5.41, 5.74) is 16.6. The minimum Gasteiger partial charge on any atom is -0.480 e. The van der Waals surface area contributed by atoms with Crippen molar-refractivity contribution in [1.29, 1.82) is 0 Å². The van der Waals surface area contributed by atoms with Gasteiger partial charge in [0.2, 0.25) is 17.7 Å². The number of carbonyl (C=O) groups is 4. The molecule has 0 spiro atoms. The van der Waals surface area contributed by atoms with E-state index in [1.54, 1.807) is 13.8 Å². The van der Waals surface area contributed by atoms with Gasteiger partial charge in [0.1, 0.15) is 18.6 Å². The number of carbonyl (C=O) groups excluding carboxylic acids is 3. The normalized spacial score (nSPS) is 14.6. The first-order valence-electron chi connectivity index (χ1n) is 10.3. The number of aliphatic imine (C=N–C) groups is 1. The summed E-state index contributed by atoms with van der Waals surface area (Å²) in [6, 6.07) is -2.74. The Labute approximate surface area is 182 Å². The Morgan fingerprint density at radius 2 is 1.61 bits per heavy atom. The second-order valence-electron chi connectivity index (χ2n) is 7.76. The molecule has 0 aromatic heterocycles. The van der Waals surface area contributed by atoms with Gasteiger partial charge in [-0.15, -0.1) is 0 Å². The smallest absolute Gasteiger partial charge is 0.322 e. The quantitative estimate of drug-likeness (QED) is 0.0924. The van der Waals surface area contributed by atoms with Crippen molar-refractivity contribution in [1.82, 2.24) is 16.0 Å². The molecule has 3 amide bonds. The third-order valence-electron chi connectivity index (χ3n) is 4.80. The number of hydrogen-bond donors (Lipinski definition) is 7. The molecule has 0 aliphatic rings. The molecule has 178 valence electrons. The molecule has 4 unspecified atom stereocenters. The lowest BCUT2D eigenvalue weighted by Crippen LogP contribution is -2.57. The molecule has 10 N–H and O–H groups in total. The van der Waals surface area contributed by atoms with Gasteiger partial charge in [-0.25, -0.2) is 0 Å². The predicted octanol–water partition coefficient (Wildman–Crippen LogP) is -1.76. The number of carboxylic acids is 1. The fourth-order valence-electron chi connectivity index (χ4n) is 2.61. The first-order valence-corrected chi connectivity index (χ1v) is 10.3. The van der Waals surface area contributed by atoms with Crippen LogP contribution in [-0.2, 0) is 19.2 Å². The van der Waals surface area contributed by atoms with Gasteiger partial charge in [0.05, 0.1) is 6.04 Å². The van der Waals surface area contributed by atoms with Crippen molar-refractivity contribution in [3.63, 3.8) is 0 Å². The van der Waals surface area contributed by atoms with Gasteiger partial charge in [-0.1, -0.05) is 34.1 Å². The Hall–Kier alpha value is -2.89. The van der Waals surface area contributed by atoms with Crippen LogP contribution in [0, 0.1) is 11.8 Å². The van der Waals surface area contributed by atoms with E-state index in [9.17, 15) is 19.2 Å². The molecule has 0 saturated heterocycles. The Balaban J connectivity index is 5.33. The number of nitrogens with zero attached hydrogens (tertiary/aromatic N) is 1. The van der Waals surface area contributed by atoms with Crippen LogP contribution in [0.2, 0.25) is 0 Å². The molecule has 31 heavy (non-hydrogen) atoms. The average Bonchev–Trinajstić information content (AvgIpc) is 2.70. The first kappa shape index (κ1) is 28.1. The summed E-state index contributed by atoms with van der Waals surface area (Å²) in [5.74, 6) is -3.39. The van der Waals surface area contributed by atoms with Crippen molar-refractivity contribution in [2.45, 2.75) is 65.1 Å². The van der Waals surface area contributed by atoms with E-state index < -0.39 is 48.4 Å². The summed E-state index contributed by atoms with van der Waals surface area (Å²) in [5, 5.41) is 16.2. The van der Waals surface area contributed by atoms with Crippen molar-refractivity contribution >= 4 is 29.7 Å². The van der Waals surface area contributed by atoms with E-state index >= 15 is 0 Å². The zero-order valence-corrected chi connectivity index (χ0v) is 18.7. The van der Waals surface area contributed by atoms with Crippen molar-refractivity contribution < 1.29 is 24.3 Å². The van der Waals surface area contributed by atoms with Crippen LogP contribution in [0.15, 0.2) is 4.99 Å². The topological polar surface area (TPSA) is 215 Å². The summed E-state index contributed by atoms with van der Waals surface area (Å²) in [6.07, 6.45) is 1.30. The molecule has 0 heterocycles. The second-order valence-corrected chi connectivity index (χ2v) is 7.76. The zero-order valence-electron chi connectivity index (χ0n) is 18.7. The van der Waals surface area contributed by atoms with Gasteiger partial charge in [-0.3, -0.25) is 24.2 Å². The standard InChI is InChI=1S/C19H37N7O5/c1-5-11(4)14(20)17(30)25-12(7-6-8-23-19(21)22)16(29)26-15(10(2)3)18(31)24-9-13(27)28/h10-12,14-15H,5-9,20H2,1-4H3,(H,24,31)(H,25,30)(H,26,29)(H,27,28)(H4,21,22,23). The molecule has 12 heteroatoms. The van der Waals surface area contributed by atoms with Crippen LogP contribution >= 0.6 is 0 Å². The minimum atomic E-state index is -1.20. The summed E-state index contributed by atoms with van der Waals surface area (Å²) in [6.45, 7) is 6.83. The molecule has 0 saturated carbocycles. The summed E-state index contributed by atoms with van der Waals surface area (Å²) in [7, 11) is 0. The molecule has 0 fully saturated rings. The molecule has 12 nitrogen and oxygen atoms in total. The minimum absolute atomic E-state index is 0.0844. The molecule has 0 aromatic carbocycles. The van der Waals surface area contributed by atoms with Gasteiger partial charge in [0, 0.05) is 6.54 Å². The van der Waals surface area contributed by atoms with Gasteiger partial charge < -0.3 is 38.3 Å². The lowest BCUT2D eigenvalue weighted by molar-refractivity contribution is -0.139. The molecule has 0 aliphatic carbocycles. The molecule has 4 atom stereocenters. The maximum Gasteiger partial charge on any atom is 0.322 e. The molecule has 0 radical (unpaired) electrons. The third-order valence-corrected chi connectivity index (χ3v) is 4.80. The predicted molar refractivity (Wildman–Crippen MR) is 117 cm³/mol. The van der Waals surface area contributed by atoms with Crippen molar-refractivity contribution in [2.24, 2.45) is 34.0 Å². The number of carboxylic acid groups (broad SMARTS) is 1. The lowest BCUT2D eigenvalue weighted by Gasteiger charge is -2.26. The molecule has 0 rings (SSSR count). The van der Waals surface area contributed by atoms with Crippen LogP contribution in [0.1, 0.15) is 47.0 Å². The van der Waals surface area contributed by atoms with Gasteiger partial charge in [-0.05, 0) is 24.7 Å². The fraction of sp³-hybridized carbons (Fsp3) is 0.737. The molecule has 0 aliphatic heterocycles. The second kappa shape index (κ2) is 14.2. The number of hydrogen-bond acceptors (Lipinski definition) is 6. The van der Waals surface area contributed by atoms with Gasteiger partial charge in [0.15, 0.2) is 5.96 Å². The summed E-state index contributed by atoms with van der Waals surface area (Å²) < 4.78 is 0. The highest BCUT2D eigenvalue weighted by atomic mass is 16.4. The van der Waals surface area contributed by atoms with Crippen LogP contribution in [-0.4, -0.2) is 66.0 Å². The number of nitrogens with two attached hydrogens (primary N) is 3. The first-order chi connectivity index (χ1) is 14.4. The fourth-order valence-corrected chi connectivity index (χ4v) is 2.61. The molecule has 0 aromatic rings. The van der Waals surface area contributed by atoms with Crippen LogP contribution in [0.3, 0.4) is 0 Å². The van der Waals surface area contributed by atoms with E-state index in [4.69, 9.17) is 22.3 Å². The SMILES string of the molecule is CCC(C)C(N)C(=O)NC(CCCN=C(N)N)C(=O)NC(C(=O)NCC(=O)O)C(C)C. The van der Waals surface area contributed by atoms with Crippen LogP contribution in [0.25, 0.3) is 0 Å². The Bertz CT molecular complexity index is 650. The van der Waals surface area contributed by atoms with Crippen molar-refractivity contribution in [2.75, 3.05) is 13.1 Å². The monoisotopic (exact) mass is 443 g/mol. The molecule has 0 bridgehead atoms. The van der Waals surface area contributed by atoms with Crippen molar-refractivity contribution in [3.8, 4) is 0 Å². The average molecular weight is 444 g/mol. The van der Waals surface area contributed by atoms with E-state index in [-0.39, 0.29) is 30.8 Å². The van der Waals surface area contributed by atoms with E-state index in [1.807, 2.05) is 13.8 Å². The Kier molecular flexibility index (Phi) is 12.9. The highest BCUT2D eigenvalue weighted by molar-refractivity contribution is 5.93. The maximum absolute atomic E-state index is 12.9. The lowest BCUT2D eigenvalue weighted by atomic mass is 9.98. The van der Waals surface area contributed by atoms with Crippen LogP contribution in [0.4, 0.5) is 0 Å². The summed E-state index contributed by atoms with van der Waals surface area (Å²) >= 11 is 0. The Morgan fingerprint density at radius 3 is 2.10 bits per heavy atom. The number of amides is 3. The molecular formula is C19H37N7O5. The maximum atomic E-state index is 12.9. The largest absolute Gasteiger partial charge is 0.480 e. The van der Waals surface area contributed by atoms with E-state index in [1.165, 1.54) is 0 Å². The highest BCUT2D eigenvalue weighted by Crippen LogP contribution is 2.08. The molecular weight excluding hydrogens is 406 g/mol. The number of guanidine groups is 1. The number of rotatable bonds is 14. The number of nitrogens with one attached hydrogen (secondary N) is 3. The Morgan fingerprint density at radius 1 is 1.00 bits per heavy atom. The third kappa shape index (κ3) is 11.2. The zero-order chi connectivity index (χ0) is 24.1. The number of aliphatic carboxylic acids is 1. The van der Waals surface area contributed by atoms with E-state index in [0.29, 0.717) is 12.8 Å². The van der Waals surface area contributed by atoms with Crippen LogP contribution in [0.5, 0.6) is 0 Å².